The third-order valence-electron chi connectivity index (χ3n) is 5.14. The van der Waals surface area contributed by atoms with E-state index in [1.54, 1.807) is 20.9 Å². The molecule has 9 nitrogen and oxygen atoms in total. The van der Waals surface area contributed by atoms with Gasteiger partial charge in [-0.2, -0.15) is 0 Å². The van der Waals surface area contributed by atoms with Crippen LogP contribution >= 0.6 is 11.3 Å². The van der Waals surface area contributed by atoms with Crippen molar-refractivity contribution in [2.45, 2.75) is 52.7 Å². The zero-order valence-electron chi connectivity index (χ0n) is 17.1. The summed E-state index contributed by atoms with van der Waals surface area (Å²) in [6, 6.07) is -0.0256. The second kappa shape index (κ2) is 9.53. The van der Waals surface area contributed by atoms with Gasteiger partial charge in [-0.1, -0.05) is 0 Å². The number of tetrazole rings is 1. The third kappa shape index (κ3) is 5.12. The Labute approximate surface area is 169 Å². The molecule has 1 unspecified atom stereocenters. The maximum atomic E-state index is 12.6. The molecule has 1 amide bonds. The largest absolute Gasteiger partial charge is 0.379 e. The molecule has 0 radical (unpaired) electrons. The van der Waals surface area contributed by atoms with E-state index in [4.69, 9.17) is 4.74 Å². The number of aromatic nitrogens is 5. The molecule has 0 N–H and O–H groups in total. The van der Waals surface area contributed by atoms with Crippen LogP contribution in [0.4, 0.5) is 0 Å². The molecule has 0 saturated carbocycles. The van der Waals surface area contributed by atoms with Crippen LogP contribution in [0.2, 0.25) is 0 Å². The number of carbonyl (C=O) groups is 1. The number of carbonyl (C=O) groups excluding carboxylic acids is 1. The molecule has 0 bridgehead atoms. The zero-order valence-corrected chi connectivity index (χ0v) is 17.9. The van der Waals surface area contributed by atoms with E-state index in [0.29, 0.717) is 25.9 Å². The first-order chi connectivity index (χ1) is 13.5. The molecule has 1 aliphatic heterocycles. The lowest BCUT2D eigenvalue weighted by Gasteiger charge is -2.26. The summed E-state index contributed by atoms with van der Waals surface area (Å²) < 4.78 is 7.18. The van der Waals surface area contributed by atoms with Gasteiger partial charge in [-0.25, -0.2) is 9.67 Å². The highest BCUT2D eigenvalue weighted by molar-refractivity contribution is 7.11. The fourth-order valence-electron chi connectivity index (χ4n) is 3.36. The van der Waals surface area contributed by atoms with Crippen LogP contribution in [0.1, 0.15) is 47.2 Å². The van der Waals surface area contributed by atoms with Crippen molar-refractivity contribution in [3.05, 3.63) is 21.4 Å². The van der Waals surface area contributed by atoms with E-state index >= 15 is 0 Å². The van der Waals surface area contributed by atoms with E-state index in [-0.39, 0.29) is 11.9 Å². The van der Waals surface area contributed by atoms with E-state index in [9.17, 15) is 4.79 Å². The predicted octanol–water partition coefficient (Wildman–Crippen LogP) is 1.58. The molecule has 1 atom stereocenters. The monoisotopic (exact) mass is 407 g/mol. The molecule has 1 saturated heterocycles. The molecule has 2 aromatic heterocycles. The van der Waals surface area contributed by atoms with E-state index in [2.05, 4.69) is 32.3 Å². The van der Waals surface area contributed by atoms with Crippen LogP contribution < -0.4 is 0 Å². The first-order valence-electron chi connectivity index (χ1n) is 9.70. The molecular weight excluding hydrogens is 378 g/mol. The average Bonchev–Trinajstić information content (AvgIpc) is 3.26. The van der Waals surface area contributed by atoms with Crippen LogP contribution in [0.3, 0.4) is 0 Å². The molecule has 3 rings (SSSR count). The minimum atomic E-state index is -0.0256. The maximum absolute atomic E-state index is 12.6. The van der Waals surface area contributed by atoms with Crippen molar-refractivity contribution in [1.82, 2.24) is 35.0 Å². The minimum Gasteiger partial charge on any atom is -0.379 e. The second-order valence-corrected chi connectivity index (χ2v) is 8.57. The summed E-state index contributed by atoms with van der Waals surface area (Å²) in [6.45, 7) is 10.7. The number of nitrogens with zero attached hydrogens (tertiary/aromatic N) is 7. The highest BCUT2D eigenvalue weighted by atomic mass is 32.1. The summed E-state index contributed by atoms with van der Waals surface area (Å²) in [5, 5.41) is 13.1. The lowest BCUT2D eigenvalue weighted by molar-refractivity contribution is -0.132. The number of ether oxygens (including phenoxy) is 1. The highest BCUT2D eigenvalue weighted by Crippen LogP contribution is 2.26. The van der Waals surface area contributed by atoms with Crippen molar-refractivity contribution in [3.63, 3.8) is 0 Å². The standard InChI is InChI=1S/C18H29N7O2S/c1-13(18-14(2)28-15(3)19-18)23(4)17(26)6-5-7-25-16(20-21-22-25)12-24-8-10-27-11-9-24/h13H,5-12H2,1-4H3. The van der Waals surface area contributed by atoms with Gasteiger partial charge in [0.05, 0.1) is 36.5 Å². The number of hydrogen-bond donors (Lipinski definition) is 0. The molecule has 1 fully saturated rings. The van der Waals surface area contributed by atoms with Gasteiger partial charge in [0.25, 0.3) is 0 Å². The van der Waals surface area contributed by atoms with E-state index in [0.717, 1.165) is 42.8 Å². The number of thiazole rings is 1. The molecule has 10 heteroatoms. The van der Waals surface area contributed by atoms with Gasteiger partial charge >= 0.3 is 0 Å². The van der Waals surface area contributed by atoms with Crippen LogP contribution in [0.15, 0.2) is 0 Å². The van der Waals surface area contributed by atoms with Gasteiger partial charge in [0.1, 0.15) is 0 Å². The van der Waals surface area contributed by atoms with Crippen molar-refractivity contribution < 1.29 is 9.53 Å². The molecule has 3 heterocycles. The molecule has 154 valence electrons. The van der Waals surface area contributed by atoms with Gasteiger partial charge < -0.3 is 9.64 Å². The number of hydrogen-bond acceptors (Lipinski definition) is 8. The summed E-state index contributed by atoms with van der Waals surface area (Å²) in [4.78, 5) is 22.4. The van der Waals surface area contributed by atoms with Gasteiger partial charge in [-0.15, -0.1) is 16.4 Å². The summed E-state index contributed by atoms with van der Waals surface area (Å²) >= 11 is 1.67. The van der Waals surface area contributed by atoms with Crippen LogP contribution in [-0.4, -0.2) is 74.2 Å². The quantitative estimate of drug-likeness (QED) is 0.656. The summed E-state index contributed by atoms with van der Waals surface area (Å²) in [7, 11) is 1.85. The smallest absolute Gasteiger partial charge is 0.222 e. The second-order valence-electron chi connectivity index (χ2n) is 7.17. The number of amides is 1. The van der Waals surface area contributed by atoms with Crippen LogP contribution in [0.5, 0.6) is 0 Å². The fraction of sp³-hybridized carbons (Fsp3) is 0.722. The van der Waals surface area contributed by atoms with E-state index < -0.39 is 0 Å². The van der Waals surface area contributed by atoms with Crippen molar-refractivity contribution in [2.75, 3.05) is 33.4 Å². The normalized spacial score (nSPS) is 16.3. The Morgan fingerprint density at radius 2 is 2.07 bits per heavy atom. The van der Waals surface area contributed by atoms with Crippen LogP contribution in [-0.2, 0) is 22.6 Å². The molecule has 28 heavy (non-hydrogen) atoms. The van der Waals surface area contributed by atoms with Crippen LogP contribution in [0.25, 0.3) is 0 Å². The van der Waals surface area contributed by atoms with Crippen LogP contribution in [0, 0.1) is 13.8 Å². The number of aryl methyl sites for hydroxylation is 3. The third-order valence-corrected chi connectivity index (χ3v) is 6.05. The van der Waals surface area contributed by atoms with Gasteiger partial charge in [-0.3, -0.25) is 9.69 Å². The molecular formula is C18H29N7O2S. The van der Waals surface area contributed by atoms with Crippen molar-refractivity contribution in [1.29, 1.82) is 0 Å². The Morgan fingerprint density at radius 3 is 2.75 bits per heavy atom. The molecule has 0 aromatic carbocycles. The Kier molecular flexibility index (Phi) is 7.08. The van der Waals surface area contributed by atoms with E-state index in [1.807, 2.05) is 20.9 Å². The summed E-state index contributed by atoms with van der Waals surface area (Å²) in [5.74, 6) is 0.949. The topological polar surface area (TPSA) is 89.3 Å². The fourth-order valence-corrected chi connectivity index (χ4v) is 4.27. The minimum absolute atomic E-state index is 0.0256. The Morgan fingerprint density at radius 1 is 1.32 bits per heavy atom. The van der Waals surface area contributed by atoms with Crippen molar-refractivity contribution >= 4 is 17.2 Å². The molecule has 2 aromatic rings. The van der Waals surface area contributed by atoms with Gasteiger partial charge in [-0.05, 0) is 37.6 Å². The number of rotatable bonds is 8. The SMILES string of the molecule is Cc1nc(C(C)N(C)C(=O)CCCn2nnnc2CN2CCOCC2)c(C)s1. The first-order valence-corrected chi connectivity index (χ1v) is 10.5. The Bertz CT molecular complexity index is 785. The molecule has 0 aliphatic carbocycles. The predicted molar refractivity (Wildman–Crippen MR) is 106 cm³/mol. The molecule has 0 spiro atoms. The van der Waals surface area contributed by atoms with Crippen molar-refractivity contribution in [2.24, 2.45) is 0 Å². The number of morpholine rings is 1. The highest BCUT2D eigenvalue weighted by Gasteiger charge is 2.21. The lowest BCUT2D eigenvalue weighted by Crippen LogP contribution is -2.36. The first kappa shape index (κ1) is 20.8. The Balaban J connectivity index is 1.49. The van der Waals surface area contributed by atoms with Gasteiger partial charge in [0.15, 0.2) is 5.82 Å². The van der Waals surface area contributed by atoms with Crippen molar-refractivity contribution in [3.8, 4) is 0 Å². The van der Waals surface area contributed by atoms with Gasteiger partial charge in [0, 0.05) is 38.0 Å². The average molecular weight is 408 g/mol. The zero-order chi connectivity index (χ0) is 20.1. The molecule has 1 aliphatic rings. The Hall–Kier alpha value is -1.91. The van der Waals surface area contributed by atoms with E-state index in [1.165, 1.54) is 4.88 Å². The van der Waals surface area contributed by atoms with Gasteiger partial charge in [0.2, 0.25) is 5.91 Å². The summed E-state index contributed by atoms with van der Waals surface area (Å²) in [5.41, 5.74) is 0.992. The summed E-state index contributed by atoms with van der Waals surface area (Å²) in [6.07, 6.45) is 1.16. The maximum Gasteiger partial charge on any atom is 0.222 e. The lowest BCUT2D eigenvalue weighted by atomic mass is 10.1.